The third-order valence-corrected chi connectivity index (χ3v) is 41.4. The van der Waals surface area contributed by atoms with Gasteiger partial charge in [-0.05, 0) is 541 Å². The molecule has 0 saturated heterocycles. The molecular formula is C74H84I16O25S5. The second-order valence-electron chi connectivity index (χ2n) is 24.2. The summed E-state index contributed by atoms with van der Waals surface area (Å²) in [5.41, 5.74) is 7.24. The zero-order valence-electron chi connectivity index (χ0n) is 65.0. The Morgan fingerprint density at radius 2 is 0.683 bits per heavy atom. The zero-order chi connectivity index (χ0) is 92.1. The SMILES string of the molecule is CCCOCCOc1c(C)cc(I)c(I)c1I.COCCOCCOCCOc1c(I)cc(I)c(C)c1I.Cc1c(I)cc(I)c(OCCCS(=O)(=O)O)c1I.Cc1cc(I)c(I)c(I)c1O.Cc1cc(I)c(I)c(I)c1OCCCS(=O)(=O)O.Cc1ccc(I)cc1O.Cc1ccc(S(=O)(=O)O)cc1S(=O)(=O)O.Cc1ccccc1S(=O)(=O)O. The van der Waals surface area contributed by atoms with Crippen molar-refractivity contribution in [1.82, 2.24) is 0 Å². The van der Waals surface area contributed by atoms with Gasteiger partial charge in [-0.2, -0.15) is 42.1 Å². The van der Waals surface area contributed by atoms with E-state index in [2.05, 4.69) is 394 Å². The van der Waals surface area contributed by atoms with Crippen molar-refractivity contribution in [1.29, 1.82) is 0 Å². The summed E-state index contributed by atoms with van der Waals surface area (Å²) in [6.45, 7) is 23.2. The number of rotatable bonds is 29. The van der Waals surface area contributed by atoms with Crippen LogP contribution in [0.15, 0.2) is 106 Å². The van der Waals surface area contributed by atoms with E-state index in [4.69, 9.17) is 65.8 Å². The van der Waals surface area contributed by atoms with Gasteiger partial charge in [0, 0.05) is 45.8 Å². The first-order chi connectivity index (χ1) is 55.5. The average molecular weight is 3560 g/mol. The maximum Gasteiger partial charge on any atom is 0.294 e. The van der Waals surface area contributed by atoms with E-state index in [-0.39, 0.29) is 48.0 Å². The number of phenols is 2. The van der Waals surface area contributed by atoms with Crippen LogP contribution >= 0.6 is 361 Å². The van der Waals surface area contributed by atoms with Crippen LogP contribution in [-0.2, 0) is 69.5 Å². The van der Waals surface area contributed by atoms with E-state index in [0.29, 0.717) is 76.0 Å². The molecule has 0 amide bonds. The molecule has 8 rings (SSSR count). The summed E-state index contributed by atoms with van der Waals surface area (Å²) in [6.07, 6.45) is 1.60. The summed E-state index contributed by atoms with van der Waals surface area (Å²) < 4.78 is 212. The van der Waals surface area contributed by atoms with Gasteiger partial charge in [-0.15, -0.1) is 0 Å². The lowest BCUT2D eigenvalue weighted by atomic mass is 10.2. The number of halogens is 16. The second kappa shape index (κ2) is 61.6. The Morgan fingerprint density at radius 1 is 0.317 bits per heavy atom. The molecule has 25 nitrogen and oxygen atoms in total. The highest BCUT2D eigenvalue weighted by Crippen LogP contribution is 2.38. The molecule has 0 unspecified atom stereocenters. The van der Waals surface area contributed by atoms with Crippen molar-refractivity contribution in [3.05, 3.63) is 193 Å². The first-order valence-corrected chi connectivity index (χ1v) is 58.8. The lowest BCUT2D eigenvalue weighted by molar-refractivity contribution is 0.0178. The molecule has 0 aliphatic rings. The summed E-state index contributed by atoms with van der Waals surface area (Å²) in [7, 11) is -19.1. The summed E-state index contributed by atoms with van der Waals surface area (Å²) in [5.74, 6) is 3.76. The molecule has 0 fully saturated rings. The lowest BCUT2D eigenvalue weighted by Gasteiger charge is -2.13. The van der Waals surface area contributed by atoms with Gasteiger partial charge >= 0.3 is 0 Å². The van der Waals surface area contributed by atoms with E-state index in [1.165, 1.54) is 58.7 Å². The number of benzene rings is 8. The Hall–Kier alpha value is 3.63. The predicted molar refractivity (Wildman–Crippen MR) is 604 cm³/mol. The fourth-order valence-electron chi connectivity index (χ4n) is 8.44. The predicted octanol–water partition coefficient (Wildman–Crippen LogP) is 23.0. The molecule has 46 heteroatoms. The minimum atomic E-state index is -4.49. The van der Waals surface area contributed by atoms with E-state index < -0.39 is 60.4 Å². The van der Waals surface area contributed by atoms with Crippen LogP contribution in [0.5, 0.6) is 34.5 Å². The van der Waals surface area contributed by atoms with E-state index >= 15 is 0 Å². The van der Waals surface area contributed by atoms with E-state index in [0.717, 1.165) is 92.9 Å². The van der Waals surface area contributed by atoms with Crippen molar-refractivity contribution in [2.75, 3.05) is 91.3 Å². The molecule has 8 aromatic carbocycles. The Labute approximate surface area is 922 Å². The second-order valence-corrected chi connectivity index (χ2v) is 49.5. The summed E-state index contributed by atoms with van der Waals surface area (Å²) >= 11 is 36.3. The monoisotopic (exact) mass is 3560 g/mol. The van der Waals surface area contributed by atoms with Crippen molar-refractivity contribution in [3.63, 3.8) is 0 Å². The van der Waals surface area contributed by atoms with Crippen LogP contribution in [-0.4, -0.2) is 166 Å². The normalized spacial score (nSPS) is 11.2. The Morgan fingerprint density at radius 3 is 1.07 bits per heavy atom. The topological polar surface area (TPSA) is 386 Å². The van der Waals surface area contributed by atoms with E-state index in [1.807, 2.05) is 58.0 Å². The minimum Gasteiger partial charge on any atom is -0.508 e. The Bertz CT molecular complexity index is 5170. The van der Waals surface area contributed by atoms with Gasteiger partial charge in [0.1, 0.15) is 47.7 Å². The zero-order valence-corrected chi connectivity index (χ0v) is 104. The minimum absolute atomic E-state index is 0.0278. The molecule has 0 radical (unpaired) electrons. The molecule has 0 saturated carbocycles. The molecule has 0 spiro atoms. The smallest absolute Gasteiger partial charge is 0.294 e. The molecule has 0 bridgehead atoms. The molecular weight excluding hydrogens is 3480 g/mol. The third-order valence-electron chi connectivity index (χ3n) is 14.6. The highest BCUT2D eigenvalue weighted by molar-refractivity contribution is 14.1. The highest BCUT2D eigenvalue weighted by atomic mass is 127. The lowest BCUT2D eigenvalue weighted by Crippen LogP contribution is -2.13. The number of methoxy groups -OCH3 is 1. The molecule has 7 N–H and O–H groups in total. The molecule has 0 aliphatic carbocycles. The summed E-state index contributed by atoms with van der Waals surface area (Å²) in [4.78, 5) is -1.15. The van der Waals surface area contributed by atoms with E-state index in [9.17, 15) is 47.2 Å². The number of hydrogen-bond donors (Lipinski definition) is 7. The number of aryl methyl sites for hydroxylation is 6. The third kappa shape index (κ3) is 47.7. The number of ether oxygens (including phenoxy) is 8. The molecule has 0 atom stereocenters. The molecule has 8 aromatic rings. The molecule has 120 heavy (non-hydrogen) atoms. The van der Waals surface area contributed by atoms with Crippen LogP contribution < -0.4 is 18.9 Å². The van der Waals surface area contributed by atoms with Crippen LogP contribution in [0.2, 0.25) is 0 Å². The number of hydrogen-bond acceptors (Lipinski definition) is 20. The van der Waals surface area contributed by atoms with Crippen LogP contribution in [0.25, 0.3) is 0 Å². The van der Waals surface area contributed by atoms with Gasteiger partial charge < -0.3 is 48.1 Å². The van der Waals surface area contributed by atoms with Crippen molar-refractivity contribution in [2.24, 2.45) is 0 Å². The van der Waals surface area contributed by atoms with Gasteiger partial charge in [-0.1, -0.05) is 37.3 Å². The van der Waals surface area contributed by atoms with Crippen LogP contribution in [0.3, 0.4) is 0 Å². The van der Waals surface area contributed by atoms with Crippen molar-refractivity contribution in [2.45, 2.75) is 96.3 Å². The first kappa shape index (κ1) is 122. The largest absolute Gasteiger partial charge is 0.508 e. The van der Waals surface area contributed by atoms with Crippen molar-refractivity contribution in [3.8, 4) is 34.5 Å². The van der Waals surface area contributed by atoms with Gasteiger partial charge in [0.05, 0.1) is 104 Å². The van der Waals surface area contributed by atoms with Gasteiger partial charge in [0.25, 0.3) is 50.6 Å². The van der Waals surface area contributed by atoms with Crippen molar-refractivity contribution < 1.29 is 113 Å². The van der Waals surface area contributed by atoms with Crippen LogP contribution in [0.4, 0.5) is 0 Å². The number of phenolic OH excluding ortho intramolecular Hbond substituents is 2. The first-order valence-electron chi connectivity index (χ1n) is 34.0. The molecule has 0 aliphatic heterocycles. The van der Waals surface area contributed by atoms with Crippen molar-refractivity contribution >= 4 is 412 Å². The van der Waals surface area contributed by atoms with Crippen LogP contribution in [0, 0.1) is 113 Å². The standard InChI is InChI=1S/C14H19I3O4.C12H15I3O2.2C10H11I3O4S.C7H5I3O.C7H7IO.C7H8O6S2.C7H8O3S/c1-10-11(15)9-12(16)14(13(10)17)21-8-7-20-6-5-19-4-3-18-2;1-3-4-16-5-6-17-12-8(2)7-9(13)10(14)11(12)15;1-6-7(11)5-8(12)10(9(6)13)17-3-2-4-18(14,15)16;1-6-5-7(11)8(12)9(13)10(6)17-3-2-4-18(14,15)16;1-3-2-4(8)5(9)6(10)7(3)11;1-5-2-3-6(8)4-7(5)9;1-5-2-3-6(14(8,9)10)4-7(5)15(11,12)13;1-6-4-2-3-5-7(6)11(8,9)10/h9H,3-8H2,1-2H3;7H,3-6H2,1-2H3;2*5H,2-4H2,1H3,(H,14,15,16);2,11H,1H3;2-4,9H,1H3;2-4H,1H3,(H,8,9,10)(H,11,12,13);2-5H,1H3,(H,8,9,10). The fourth-order valence-corrected chi connectivity index (χ4v) is 26.7. The maximum atomic E-state index is 10.8. The molecule has 0 aromatic heterocycles. The summed E-state index contributed by atoms with van der Waals surface area (Å²) in [5, 5.41) is 18.6. The van der Waals surface area contributed by atoms with Gasteiger partial charge in [-0.3, -0.25) is 22.8 Å². The fraction of sp³-hybridized carbons (Fsp3) is 0.351. The van der Waals surface area contributed by atoms with Gasteiger partial charge in [0.2, 0.25) is 0 Å². The maximum absolute atomic E-state index is 10.8. The molecule has 672 valence electrons. The van der Waals surface area contributed by atoms with Crippen LogP contribution in [0.1, 0.15) is 70.7 Å². The highest BCUT2D eigenvalue weighted by Gasteiger charge is 2.21. The van der Waals surface area contributed by atoms with Gasteiger partial charge in [0.15, 0.2) is 0 Å². The van der Waals surface area contributed by atoms with Gasteiger partial charge in [-0.25, -0.2) is 0 Å². The Kier molecular flexibility index (Phi) is 62.4. The number of aromatic hydroxyl groups is 2. The quantitative estimate of drug-likeness (QED) is 0.00991. The Balaban J connectivity index is 0.000000694. The average Bonchev–Trinajstić information content (AvgIpc) is 0.821. The molecule has 0 heterocycles. The van der Waals surface area contributed by atoms with E-state index in [1.54, 1.807) is 38.3 Å². The summed E-state index contributed by atoms with van der Waals surface area (Å²) in [6, 6.07) is 25.1.